The van der Waals surface area contributed by atoms with Gasteiger partial charge in [0.25, 0.3) is 0 Å². The zero-order chi connectivity index (χ0) is 18.4. The smallest absolute Gasteiger partial charge is 0.211 e. The van der Waals surface area contributed by atoms with E-state index < -0.39 is 0 Å². The summed E-state index contributed by atoms with van der Waals surface area (Å²) in [5, 5.41) is 0.544. The van der Waals surface area contributed by atoms with Crippen LogP contribution in [0.3, 0.4) is 0 Å². The van der Waals surface area contributed by atoms with Gasteiger partial charge in [-0.2, -0.15) is 0 Å². The number of anilines is 2. The predicted molar refractivity (Wildman–Crippen MR) is 110 cm³/mol. The maximum absolute atomic E-state index is 11.5. The van der Waals surface area contributed by atoms with Crippen molar-refractivity contribution in [3.63, 3.8) is 0 Å². The van der Waals surface area contributed by atoms with E-state index in [0.717, 1.165) is 57.6 Å². The Kier molecular flexibility index (Phi) is 4.71. The van der Waals surface area contributed by atoms with E-state index in [-0.39, 0.29) is 0 Å². The SMILES string of the molecule is COc1ccc(N2CCCn3c2nc2c(Cl)ccc(C=O)c23)c(Br)c1Br. The Morgan fingerprint density at radius 2 is 2.00 bits per heavy atom. The topological polar surface area (TPSA) is 47.4 Å². The zero-order valence-corrected chi connectivity index (χ0v) is 17.7. The van der Waals surface area contributed by atoms with Crippen LogP contribution in [-0.4, -0.2) is 29.5 Å². The first-order chi connectivity index (χ1) is 12.6. The number of ether oxygens (including phenoxy) is 1. The minimum atomic E-state index is 0.544. The number of rotatable bonds is 3. The average Bonchev–Trinajstić information content (AvgIpc) is 3.05. The first-order valence-electron chi connectivity index (χ1n) is 8.00. The second kappa shape index (κ2) is 6.87. The molecule has 0 saturated heterocycles. The van der Waals surface area contributed by atoms with Crippen molar-refractivity contribution in [2.24, 2.45) is 0 Å². The molecular weight excluding hydrogens is 485 g/mol. The summed E-state index contributed by atoms with van der Waals surface area (Å²) in [6.07, 6.45) is 1.78. The van der Waals surface area contributed by atoms with Crippen LogP contribution in [0.1, 0.15) is 16.8 Å². The molecule has 8 heteroatoms. The second-order valence-electron chi connectivity index (χ2n) is 5.94. The van der Waals surface area contributed by atoms with E-state index in [0.29, 0.717) is 16.1 Å². The number of halogens is 3. The molecule has 26 heavy (non-hydrogen) atoms. The van der Waals surface area contributed by atoms with Crippen molar-refractivity contribution in [1.82, 2.24) is 9.55 Å². The van der Waals surface area contributed by atoms with Crippen LogP contribution in [0.5, 0.6) is 5.75 Å². The molecule has 0 fully saturated rings. The number of hydrogen-bond acceptors (Lipinski definition) is 4. The van der Waals surface area contributed by atoms with Gasteiger partial charge < -0.3 is 14.2 Å². The molecule has 0 saturated carbocycles. The van der Waals surface area contributed by atoms with E-state index in [1.807, 2.05) is 12.1 Å². The molecule has 134 valence electrons. The Labute approximate surface area is 172 Å². The molecule has 0 N–H and O–H groups in total. The number of aromatic nitrogens is 2. The van der Waals surface area contributed by atoms with Gasteiger partial charge in [0.1, 0.15) is 11.3 Å². The molecule has 0 aliphatic carbocycles. The van der Waals surface area contributed by atoms with Gasteiger partial charge in [0, 0.05) is 18.7 Å². The van der Waals surface area contributed by atoms with Crippen LogP contribution >= 0.6 is 43.5 Å². The van der Waals surface area contributed by atoms with Gasteiger partial charge in [0.2, 0.25) is 5.95 Å². The van der Waals surface area contributed by atoms with Crippen LogP contribution in [0.2, 0.25) is 5.02 Å². The van der Waals surface area contributed by atoms with Crippen LogP contribution < -0.4 is 9.64 Å². The van der Waals surface area contributed by atoms with Crippen LogP contribution in [0.4, 0.5) is 11.6 Å². The molecule has 3 aromatic rings. The normalized spacial score (nSPS) is 13.8. The molecule has 1 aliphatic rings. The Morgan fingerprint density at radius 1 is 1.19 bits per heavy atom. The lowest BCUT2D eigenvalue weighted by molar-refractivity contribution is 0.112. The summed E-state index contributed by atoms with van der Waals surface area (Å²) in [6.45, 7) is 1.60. The Bertz CT molecular complexity index is 1040. The Hall–Kier alpha value is -1.57. The molecule has 0 bridgehead atoms. The van der Waals surface area contributed by atoms with Gasteiger partial charge in [-0.05, 0) is 62.5 Å². The van der Waals surface area contributed by atoms with Crippen molar-refractivity contribution >= 4 is 72.4 Å². The van der Waals surface area contributed by atoms with Crippen molar-refractivity contribution in [2.45, 2.75) is 13.0 Å². The van der Waals surface area contributed by atoms with Crippen molar-refractivity contribution in [3.05, 3.63) is 43.8 Å². The van der Waals surface area contributed by atoms with Crippen molar-refractivity contribution < 1.29 is 9.53 Å². The van der Waals surface area contributed by atoms with Gasteiger partial charge in [0.05, 0.1) is 32.3 Å². The fourth-order valence-corrected chi connectivity index (χ4v) is 4.57. The third kappa shape index (κ3) is 2.64. The highest BCUT2D eigenvalue weighted by atomic mass is 79.9. The third-order valence-corrected chi connectivity index (χ3v) is 6.95. The molecule has 0 amide bonds. The first-order valence-corrected chi connectivity index (χ1v) is 9.96. The van der Waals surface area contributed by atoms with Gasteiger partial charge >= 0.3 is 0 Å². The number of nitrogens with zero attached hydrogens (tertiary/aromatic N) is 3. The number of imidazole rings is 1. The summed E-state index contributed by atoms with van der Waals surface area (Å²) in [4.78, 5) is 18.4. The minimum Gasteiger partial charge on any atom is -0.496 e. The van der Waals surface area contributed by atoms with E-state index in [1.165, 1.54) is 0 Å². The molecule has 1 aliphatic heterocycles. The Balaban J connectivity index is 1.94. The number of aryl methyl sites for hydroxylation is 1. The summed E-state index contributed by atoms with van der Waals surface area (Å²) in [7, 11) is 1.63. The van der Waals surface area contributed by atoms with Crippen LogP contribution in [0.25, 0.3) is 11.0 Å². The monoisotopic (exact) mass is 497 g/mol. The molecule has 0 spiro atoms. The molecule has 0 atom stereocenters. The summed E-state index contributed by atoms with van der Waals surface area (Å²) < 4.78 is 9.16. The molecule has 2 aromatic carbocycles. The molecule has 0 radical (unpaired) electrons. The minimum absolute atomic E-state index is 0.544. The van der Waals surface area contributed by atoms with Gasteiger partial charge in [-0.15, -0.1) is 0 Å². The highest BCUT2D eigenvalue weighted by molar-refractivity contribution is 9.13. The van der Waals surface area contributed by atoms with Gasteiger partial charge in [-0.25, -0.2) is 4.98 Å². The number of aldehydes is 1. The lowest BCUT2D eigenvalue weighted by atomic mass is 10.2. The van der Waals surface area contributed by atoms with E-state index >= 15 is 0 Å². The van der Waals surface area contributed by atoms with E-state index in [1.54, 1.807) is 19.2 Å². The lowest BCUT2D eigenvalue weighted by Gasteiger charge is -2.30. The molecule has 4 rings (SSSR count). The Morgan fingerprint density at radius 3 is 2.73 bits per heavy atom. The molecule has 2 heterocycles. The first kappa shape index (κ1) is 17.8. The summed E-state index contributed by atoms with van der Waals surface area (Å²) in [6, 6.07) is 7.36. The number of carbonyl (C=O) groups is 1. The van der Waals surface area contributed by atoms with Crippen molar-refractivity contribution in [3.8, 4) is 5.75 Å². The fraction of sp³-hybridized carbons (Fsp3) is 0.222. The molecule has 0 unspecified atom stereocenters. The quantitative estimate of drug-likeness (QED) is 0.442. The number of benzene rings is 2. The summed E-state index contributed by atoms with van der Waals surface area (Å²) in [5.41, 5.74) is 3.01. The molecule has 5 nitrogen and oxygen atoms in total. The van der Waals surface area contributed by atoms with Gasteiger partial charge in [-0.1, -0.05) is 11.6 Å². The zero-order valence-electron chi connectivity index (χ0n) is 13.8. The second-order valence-corrected chi connectivity index (χ2v) is 7.93. The third-order valence-electron chi connectivity index (χ3n) is 4.53. The fourth-order valence-electron chi connectivity index (χ4n) is 3.34. The number of methoxy groups -OCH3 is 1. The van der Waals surface area contributed by atoms with Crippen LogP contribution in [0.15, 0.2) is 33.2 Å². The van der Waals surface area contributed by atoms with E-state index in [4.69, 9.17) is 21.3 Å². The van der Waals surface area contributed by atoms with Crippen molar-refractivity contribution in [2.75, 3.05) is 18.6 Å². The largest absolute Gasteiger partial charge is 0.496 e. The van der Waals surface area contributed by atoms with Crippen LogP contribution in [-0.2, 0) is 6.54 Å². The van der Waals surface area contributed by atoms with Gasteiger partial charge in [-0.3, -0.25) is 4.79 Å². The maximum Gasteiger partial charge on any atom is 0.211 e. The van der Waals surface area contributed by atoms with Crippen LogP contribution in [0, 0.1) is 0 Å². The average molecular weight is 500 g/mol. The van der Waals surface area contributed by atoms with Crippen molar-refractivity contribution in [1.29, 1.82) is 0 Å². The lowest BCUT2D eigenvalue weighted by Crippen LogP contribution is -2.28. The molecule has 1 aromatic heterocycles. The number of fused-ring (bicyclic) bond motifs is 3. The number of carbonyl (C=O) groups excluding carboxylic acids is 1. The molecular formula is C18H14Br2ClN3O2. The highest BCUT2D eigenvalue weighted by Gasteiger charge is 2.27. The maximum atomic E-state index is 11.5. The number of hydrogen-bond donors (Lipinski definition) is 0. The summed E-state index contributed by atoms with van der Waals surface area (Å²) in [5.74, 6) is 1.53. The highest BCUT2D eigenvalue weighted by Crippen LogP contribution is 2.43. The predicted octanol–water partition coefficient (Wildman–Crippen LogP) is 5.58. The van der Waals surface area contributed by atoms with E-state index in [2.05, 4.69) is 41.3 Å². The van der Waals surface area contributed by atoms with Gasteiger partial charge in [0.15, 0.2) is 6.29 Å². The summed E-state index contributed by atoms with van der Waals surface area (Å²) >= 11 is 13.6. The van der Waals surface area contributed by atoms with E-state index in [9.17, 15) is 4.79 Å². The standard InChI is InChI=1S/C18H14Br2ClN3O2/c1-26-13-6-5-12(14(19)15(13)20)23-7-2-8-24-17-10(9-25)3-4-11(21)16(17)22-18(23)24/h3-6,9H,2,7-8H2,1H3.